The van der Waals surface area contributed by atoms with Crippen molar-refractivity contribution in [1.29, 1.82) is 0 Å². The summed E-state index contributed by atoms with van der Waals surface area (Å²) in [5.74, 6) is 0.432. The number of carbonyl (C=O) groups is 1. The van der Waals surface area contributed by atoms with Crippen molar-refractivity contribution < 1.29 is 17.4 Å². The van der Waals surface area contributed by atoms with Crippen LogP contribution in [0.25, 0.3) is 0 Å². The third-order valence-electron chi connectivity index (χ3n) is 8.47. The third-order valence-corrected chi connectivity index (χ3v) is 8.47. The highest BCUT2D eigenvalue weighted by Gasteiger charge is 2.41. The van der Waals surface area contributed by atoms with Crippen LogP contribution in [0.3, 0.4) is 0 Å². The van der Waals surface area contributed by atoms with E-state index in [0.717, 1.165) is 45.1 Å². The first-order chi connectivity index (χ1) is 17.5. The molecule has 2 aliphatic carbocycles. The topological polar surface area (TPSA) is 122 Å². The lowest BCUT2D eigenvalue weighted by molar-refractivity contribution is -0.127. The number of carbonyl (C=O) groups excluding carboxylic acids is 1. The first-order valence-corrected chi connectivity index (χ1v) is 13.5. The minimum Gasteiger partial charge on any atom is -0.395 e. The average Bonchev–Trinajstić information content (AvgIpc) is 3.50. The number of hydrazine groups is 1. The smallest absolute Gasteiger partial charge is 0.223 e. The molecule has 2 saturated carbocycles. The van der Waals surface area contributed by atoms with Crippen molar-refractivity contribution >= 4 is 5.91 Å². The van der Waals surface area contributed by atoms with E-state index >= 15 is 0 Å². The summed E-state index contributed by atoms with van der Waals surface area (Å²) in [5.41, 5.74) is 6.41. The fraction of sp³-hybridized carbons (Fsp3) is 0.958. The Kier molecular flexibility index (Phi) is 7.84. The number of nitrogens with zero attached hydrogens (tertiary/aromatic N) is 1. The summed E-state index contributed by atoms with van der Waals surface area (Å²) in [6.45, 7) is 0.803. The standard InChI is InChI=1S/C24H45N7O3/c32-11-10-31-22(29-30-23(31)19-8-9-25-15-27-19)13-26-17-5-3-4-16(12-17)24(33)28-20-14-34-21-7-2-1-6-18(20)21/h16-23,25-27,29-30,32H,1-15H2,(H,28,33)/t16?,17?,18?,19?,20-,21?,22?,23?/m1/s1/i13D2. The van der Waals surface area contributed by atoms with Gasteiger partial charge in [0.15, 0.2) is 0 Å². The summed E-state index contributed by atoms with van der Waals surface area (Å²) in [6, 6.07) is 0.182. The highest BCUT2D eigenvalue weighted by molar-refractivity contribution is 5.79. The Morgan fingerprint density at radius 2 is 2.06 bits per heavy atom. The van der Waals surface area contributed by atoms with Crippen LogP contribution in [0, 0.1) is 11.8 Å². The molecule has 194 valence electrons. The molecule has 0 aromatic heterocycles. The van der Waals surface area contributed by atoms with Crippen LogP contribution in [0.4, 0.5) is 0 Å². The summed E-state index contributed by atoms with van der Waals surface area (Å²) < 4.78 is 23.8. The van der Waals surface area contributed by atoms with Crippen LogP contribution in [0.2, 0.25) is 0 Å². The molecule has 0 spiro atoms. The highest BCUT2D eigenvalue weighted by atomic mass is 16.5. The minimum atomic E-state index is -1.75. The lowest BCUT2D eigenvalue weighted by Gasteiger charge is -2.36. The molecule has 5 aliphatic rings. The van der Waals surface area contributed by atoms with E-state index in [-0.39, 0.29) is 42.7 Å². The minimum absolute atomic E-state index is 0.0458. The number of β-amino-alcohol motifs (C(OH)–C–C–N with tert-alkyl or cyclic N) is 1. The second-order valence-corrected chi connectivity index (χ2v) is 10.7. The van der Waals surface area contributed by atoms with E-state index in [1.165, 1.54) is 12.8 Å². The fourth-order valence-corrected chi connectivity index (χ4v) is 6.59. The summed E-state index contributed by atoms with van der Waals surface area (Å²) in [4.78, 5) is 15.2. The maximum atomic E-state index is 13.2. The first-order valence-electron chi connectivity index (χ1n) is 14.5. The molecule has 1 amide bonds. The van der Waals surface area contributed by atoms with Gasteiger partial charge in [-0.2, -0.15) is 0 Å². The molecule has 10 heteroatoms. The van der Waals surface area contributed by atoms with E-state index in [2.05, 4.69) is 32.1 Å². The number of nitrogens with one attached hydrogen (secondary N) is 6. The maximum absolute atomic E-state index is 13.2. The van der Waals surface area contributed by atoms with Crippen LogP contribution in [0.1, 0.15) is 60.5 Å². The van der Waals surface area contributed by atoms with Gasteiger partial charge in [-0.15, -0.1) is 0 Å². The molecule has 5 fully saturated rings. The van der Waals surface area contributed by atoms with Crippen molar-refractivity contribution in [2.45, 2.75) is 94.3 Å². The Morgan fingerprint density at radius 3 is 2.91 bits per heavy atom. The molecule has 10 nitrogen and oxygen atoms in total. The Bertz CT molecular complexity index is 744. The SMILES string of the molecule is [2H]C([2H])(NC1CCCC(C(=O)N[C@@H]2COC3CCCCC32)C1)C1NNC(C2CCNCN2)N1CCO. The van der Waals surface area contributed by atoms with Crippen molar-refractivity contribution in [3.8, 4) is 0 Å². The Morgan fingerprint density at radius 1 is 1.15 bits per heavy atom. The van der Waals surface area contributed by atoms with Crippen LogP contribution in [-0.4, -0.2) is 91.9 Å². The number of amides is 1. The number of aliphatic hydroxyl groups excluding tert-OH is 1. The van der Waals surface area contributed by atoms with Gasteiger partial charge < -0.3 is 25.8 Å². The van der Waals surface area contributed by atoms with Gasteiger partial charge in [-0.3, -0.25) is 15.0 Å². The van der Waals surface area contributed by atoms with Gasteiger partial charge in [-0.05, 0) is 45.1 Å². The van der Waals surface area contributed by atoms with Gasteiger partial charge in [0.25, 0.3) is 0 Å². The van der Waals surface area contributed by atoms with Crippen LogP contribution < -0.4 is 32.1 Å². The van der Waals surface area contributed by atoms with E-state index in [0.29, 0.717) is 38.3 Å². The molecule has 7 N–H and O–H groups in total. The van der Waals surface area contributed by atoms with Crippen LogP contribution in [0.5, 0.6) is 0 Å². The van der Waals surface area contributed by atoms with Crippen molar-refractivity contribution in [3.05, 3.63) is 0 Å². The molecule has 0 bridgehead atoms. The second-order valence-electron chi connectivity index (χ2n) is 10.7. The lowest BCUT2D eigenvalue weighted by atomic mass is 9.82. The third kappa shape index (κ3) is 5.75. The van der Waals surface area contributed by atoms with Gasteiger partial charge >= 0.3 is 0 Å². The summed E-state index contributed by atoms with van der Waals surface area (Å²) in [6.07, 6.45) is 8.35. The number of hydrogen-bond acceptors (Lipinski definition) is 9. The quantitative estimate of drug-likeness (QED) is 0.238. The number of aliphatic hydroxyl groups is 1. The predicted octanol–water partition coefficient (Wildman–Crippen LogP) is -0.828. The Balaban J connectivity index is 1.16. The van der Waals surface area contributed by atoms with Gasteiger partial charge in [0.1, 0.15) is 0 Å². The van der Waals surface area contributed by atoms with E-state index < -0.39 is 12.7 Å². The molecule has 0 radical (unpaired) electrons. The highest BCUT2D eigenvalue weighted by Crippen LogP contribution is 2.35. The number of fused-ring (bicyclic) bond motifs is 1. The zero-order chi connectivity index (χ0) is 25.1. The molecular weight excluding hydrogens is 434 g/mol. The molecule has 3 aliphatic heterocycles. The molecule has 7 unspecified atom stereocenters. The molecular formula is C24H45N7O3. The molecule has 0 aromatic carbocycles. The average molecular weight is 482 g/mol. The van der Waals surface area contributed by atoms with E-state index in [1.54, 1.807) is 0 Å². The van der Waals surface area contributed by atoms with Crippen LogP contribution in [-0.2, 0) is 9.53 Å². The van der Waals surface area contributed by atoms with E-state index in [9.17, 15) is 9.90 Å². The number of hydrogen-bond donors (Lipinski definition) is 7. The fourth-order valence-electron chi connectivity index (χ4n) is 6.59. The Hall–Kier alpha value is -0.850. The van der Waals surface area contributed by atoms with Gasteiger partial charge in [0, 0.05) is 46.4 Å². The van der Waals surface area contributed by atoms with Crippen molar-refractivity contribution in [3.63, 3.8) is 0 Å². The zero-order valence-corrected chi connectivity index (χ0v) is 20.2. The summed E-state index contributed by atoms with van der Waals surface area (Å²) in [5, 5.41) is 23.0. The molecule has 5 rings (SSSR count). The van der Waals surface area contributed by atoms with Gasteiger partial charge in [0.2, 0.25) is 5.91 Å². The van der Waals surface area contributed by atoms with Crippen molar-refractivity contribution in [1.82, 2.24) is 37.0 Å². The van der Waals surface area contributed by atoms with Gasteiger partial charge in [-0.1, -0.05) is 19.3 Å². The monoisotopic (exact) mass is 481 g/mol. The first kappa shape index (κ1) is 22.4. The van der Waals surface area contributed by atoms with Gasteiger partial charge in [0.05, 0.1) is 37.7 Å². The molecule has 0 aromatic rings. The van der Waals surface area contributed by atoms with E-state index in [1.807, 2.05) is 4.90 Å². The van der Waals surface area contributed by atoms with Crippen LogP contribution >= 0.6 is 0 Å². The normalized spacial score (nSPS) is 42.6. The van der Waals surface area contributed by atoms with Crippen molar-refractivity contribution in [2.24, 2.45) is 11.8 Å². The molecule has 3 saturated heterocycles. The summed E-state index contributed by atoms with van der Waals surface area (Å²) >= 11 is 0. The predicted molar refractivity (Wildman–Crippen MR) is 129 cm³/mol. The molecule has 3 heterocycles. The van der Waals surface area contributed by atoms with Crippen molar-refractivity contribution in [2.75, 3.05) is 39.5 Å². The van der Waals surface area contributed by atoms with E-state index in [4.69, 9.17) is 7.48 Å². The lowest BCUT2D eigenvalue weighted by Crippen LogP contribution is -2.59. The summed E-state index contributed by atoms with van der Waals surface area (Å²) in [7, 11) is 0. The van der Waals surface area contributed by atoms with Gasteiger partial charge in [-0.25, -0.2) is 10.9 Å². The molecule has 8 atom stereocenters. The second kappa shape index (κ2) is 11.9. The number of ether oxygens (including phenoxy) is 1. The zero-order valence-electron chi connectivity index (χ0n) is 22.2. The largest absolute Gasteiger partial charge is 0.395 e. The Labute approximate surface area is 206 Å². The molecule has 34 heavy (non-hydrogen) atoms. The number of rotatable bonds is 8. The van der Waals surface area contributed by atoms with Crippen LogP contribution in [0.15, 0.2) is 0 Å². The maximum Gasteiger partial charge on any atom is 0.223 e.